The highest BCUT2D eigenvalue weighted by Crippen LogP contribution is 1.86. The van der Waals surface area contributed by atoms with E-state index in [2.05, 4.69) is 4.90 Å². The number of halogens is 1. The Labute approximate surface area is 187 Å². The lowest BCUT2D eigenvalue weighted by Gasteiger charge is -2.10. The van der Waals surface area contributed by atoms with Crippen molar-refractivity contribution in [2.24, 2.45) is 0 Å². The zero-order chi connectivity index (χ0) is 22.0. The van der Waals surface area contributed by atoms with Gasteiger partial charge in [-0.1, -0.05) is 0 Å². The van der Waals surface area contributed by atoms with Crippen LogP contribution >= 0.6 is 11.6 Å². The molecule has 0 unspecified atom stereocenters. The predicted octanol–water partition coefficient (Wildman–Crippen LogP) is 0.920. The zero-order valence-electron chi connectivity index (χ0n) is 18.8. The van der Waals surface area contributed by atoms with Gasteiger partial charge in [-0.3, -0.25) is 0 Å². The molecule has 0 spiro atoms. The van der Waals surface area contributed by atoms with E-state index in [4.69, 9.17) is 49.5 Å². The average Bonchev–Trinajstić information content (AvgIpc) is 2.73. The smallest absolute Gasteiger partial charge is 0.0701 e. The minimum absolute atomic E-state index is 0.506. The van der Waals surface area contributed by atoms with E-state index in [1.165, 1.54) is 0 Å². The minimum atomic E-state index is 0.506. The zero-order valence-corrected chi connectivity index (χ0v) is 19.6. The van der Waals surface area contributed by atoms with Crippen LogP contribution in [0.1, 0.15) is 0 Å². The van der Waals surface area contributed by atoms with Crippen molar-refractivity contribution >= 4 is 11.6 Å². The van der Waals surface area contributed by atoms with Gasteiger partial charge in [-0.2, -0.15) is 0 Å². The number of alkyl halides is 1. The molecule has 30 heavy (non-hydrogen) atoms. The second kappa shape index (κ2) is 27.0. The van der Waals surface area contributed by atoms with Gasteiger partial charge < -0.3 is 42.8 Å². The van der Waals surface area contributed by atoms with Crippen molar-refractivity contribution in [3.05, 3.63) is 0 Å². The first-order chi connectivity index (χ1) is 14.8. The standard InChI is InChI=1S/C20H42ClNO8/c1-22(2)4-6-24-8-10-26-12-14-28-16-18-30-20-19-29-17-15-27-13-11-25-9-7-23-5-3-21/h3-20H2,1-2H3. The lowest BCUT2D eigenvalue weighted by Crippen LogP contribution is -2.19. The van der Waals surface area contributed by atoms with Gasteiger partial charge in [0.2, 0.25) is 0 Å². The monoisotopic (exact) mass is 459 g/mol. The van der Waals surface area contributed by atoms with Crippen LogP contribution in [-0.4, -0.2) is 137 Å². The molecule has 0 aliphatic carbocycles. The number of ether oxygens (including phenoxy) is 8. The van der Waals surface area contributed by atoms with Crippen molar-refractivity contribution < 1.29 is 37.9 Å². The van der Waals surface area contributed by atoms with Gasteiger partial charge in [-0.05, 0) is 14.1 Å². The van der Waals surface area contributed by atoms with Crippen molar-refractivity contribution in [3.8, 4) is 0 Å². The molecule has 0 fully saturated rings. The fourth-order valence-electron chi connectivity index (χ4n) is 1.94. The first-order valence-corrected chi connectivity index (χ1v) is 11.1. The lowest BCUT2D eigenvalue weighted by atomic mass is 10.6. The highest BCUT2D eigenvalue weighted by atomic mass is 35.5. The van der Waals surface area contributed by atoms with Crippen LogP contribution in [0.3, 0.4) is 0 Å². The molecule has 0 bridgehead atoms. The highest BCUT2D eigenvalue weighted by Gasteiger charge is 1.95. The topological polar surface area (TPSA) is 77.1 Å². The first-order valence-electron chi connectivity index (χ1n) is 10.6. The Hall–Kier alpha value is -0.0700. The van der Waals surface area contributed by atoms with Gasteiger partial charge in [0.15, 0.2) is 0 Å². The molecule has 0 atom stereocenters. The van der Waals surface area contributed by atoms with Crippen LogP contribution in [0.25, 0.3) is 0 Å². The average molecular weight is 460 g/mol. The van der Waals surface area contributed by atoms with E-state index in [9.17, 15) is 0 Å². The first kappa shape index (κ1) is 29.9. The van der Waals surface area contributed by atoms with Crippen LogP contribution in [0.4, 0.5) is 0 Å². The molecule has 0 N–H and O–H groups in total. The molecule has 0 aliphatic heterocycles. The molecule has 0 aromatic carbocycles. The Morgan fingerprint density at radius 1 is 0.400 bits per heavy atom. The van der Waals surface area contributed by atoms with Crippen molar-refractivity contribution in [3.63, 3.8) is 0 Å². The molecule has 0 aromatic heterocycles. The van der Waals surface area contributed by atoms with Gasteiger partial charge in [0.25, 0.3) is 0 Å². The van der Waals surface area contributed by atoms with Crippen molar-refractivity contribution in [1.29, 1.82) is 0 Å². The molecule has 0 amide bonds. The van der Waals surface area contributed by atoms with E-state index in [0.29, 0.717) is 105 Å². The van der Waals surface area contributed by atoms with Gasteiger partial charge in [0.05, 0.1) is 106 Å². The van der Waals surface area contributed by atoms with E-state index in [0.717, 1.165) is 13.2 Å². The molecule has 0 rings (SSSR count). The van der Waals surface area contributed by atoms with E-state index >= 15 is 0 Å². The summed E-state index contributed by atoms with van der Waals surface area (Å²) < 4.78 is 43.0. The Morgan fingerprint density at radius 3 is 0.867 bits per heavy atom. The second-order valence-electron chi connectivity index (χ2n) is 6.39. The van der Waals surface area contributed by atoms with Crippen LogP contribution in [-0.2, 0) is 37.9 Å². The maximum absolute atomic E-state index is 5.49. The Balaban J connectivity index is 2.99. The van der Waals surface area contributed by atoms with Crippen molar-refractivity contribution in [2.45, 2.75) is 0 Å². The fourth-order valence-corrected chi connectivity index (χ4v) is 2.05. The number of nitrogens with zero attached hydrogens (tertiary/aromatic N) is 1. The summed E-state index contributed by atoms with van der Waals surface area (Å²) in [6.07, 6.45) is 0. The highest BCUT2D eigenvalue weighted by molar-refractivity contribution is 6.17. The van der Waals surface area contributed by atoms with Gasteiger partial charge in [-0.15, -0.1) is 11.6 Å². The van der Waals surface area contributed by atoms with Crippen LogP contribution in [0, 0.1) is 0 Å². The summed E-state index contributed by atoms with van der Waals surface area (Å²) in [6, 6.07) is 0. The molecule has 10 heteroatoms. The maximum atomic E-state index is 5.49. The van der Waals surface area contributed by atoms with Gasteiger partial charge in [-0.25, -0.2) is 0 Å². The van der Waals surface area contributed by atoms with Crippen molar-refractivity contribution in [1.82, 2.24) is 4.90 Å². The van der Waals surface area contributed by atoms with E-state index in [1.54, 1.807) is 0 Å². The van der Waals surface area contributed by atoms with Gasteiger partial charge >= 0.3 is 0 Å². The van der Waals surface area contributed by atoms with Crippen LogP contribution < -0.4 is 0 Å². The third kappa shape index (κ3) is 27.9. The van der Waals surface area contributed by atoms with Crippen LogP contribution in [0.5, 0.6) is 0 Å². The number of hydrogen-bond donors (Lipinski definition) is 0. The summed E-state index contributed by atoms with van der Waals surface area (Å²) in [5.74, 6) is 0.506. The second-order valence-corrected chi connectivity index (χ2v) is 6.77. The SMILES string of the molecule is CN(C)CCOCCOCCOCCOCCOCCOCCOCCOCCCl. The third-order valence-corrected chi connectivity index (χ3v) is 3.66. The Bertz CT molecular complexity index is 317. The van der Waals surface area contributed by atoms with Gasteiger partial charge in [0, 0.05) is 12.4 Å². The molecule has 0 aliphatic rings. The molecule has 0 radical (unpaired) electrons. The summed E-state index contributed by atoms with van der Waals surface area (Å²) in [7, 11) is 4.04. The summed E-state index contributed by atoms with van der Waals surface area (Å²) in [5.41, 5.74) is 0. The minimum Gasteiger partial charge on any atom is -0.378 e. The fraction of sp³-hybridized carbons (Fsp3) is 1.00. The number of rotatable bonds is 26. The van der Waals surface area contributed by atoms with Crippen LogP contribution in [0.2, 0.25) is 0 Å². The number of hydrogen-bond acceptors (Lipinski definition) is 9. The molecule has 9 nitrogen and oxygen atoms in total. The normalized spacial score (nSPS) is 11.6. The molecule has 0 aromatic rings. The number of likely N-dealkylation sites (N-methyl/N-ethyl adjacent to an activating group) is 1. The summed E-state index contributed by atoms with van der Waals surface area (Å²) in [6.45, 7) is 9.95. The molecule has 0 saturated heterocycles. The Morgan fingerprint density at radius 2 is 0.633 bits per heavy atom. The third-order valence-electron chi connectivity index (χ3n) is 3.51. The molecule has 182 valence electrons. The van der Waals surface area contributed by atoms with Crippen LogP contribution in [0.15, 0.2) is 0 Å². The lowest BCUT2D eigenvalue weighted by molar-refractivity contribution is -0.0230. The summed E-state index contributed by atoms with van der Waals surface area (Å²) in [5, 5.41) is 0. The van der Waals surface area contributed by atoms with E-state index < -0.39 is 0 Å². The van der Waals surface area contributed by atoms with E-state index in [1.807, 2.05) is 14.1 Å². The Kier molecular flexibility index (Phi) is 26.9. The maximum Gasteiger partial charge on any atom is 0.0701 e. The molecular weight excluding hydrogens is 418 g/mol. The molecular formula is C20H42ClNO8. The molecule has 0 saturated carbocycles. The van der Waals surface area contributed by atoms with E-state index in [-0.39, 0.29) is 0 Å². The largest absolute Gasteiger partial charge is 0.378 e. The predicted molar refractivity (Wildman–Crippen MR) is 116 cm³/mol. The van der Waals surface area contributed by atoms with Crippen molar-refractivity contribution in [2.75, 3.05) is 132 Å². The molecule has 0 heterocycles. The quantitative estimate of drug-likeness (QED) is 0.138. The van der Waals surface area contributed by atoms with Gasteiger partial charge in [0.1, 0.15) is 0 Å². The summed E-state index contributed by atoms with van der Waals surface area (Å²) >= 11 is 5.49. The summed E-state index contributed by atoms with van der Waals surface area (Å²) in [4.78, 5) is 2.08.